The summed E-state index contributed by atoms with van der Waals surface area (Å²) in [6, 6.07) is 18.5. The Morgan fingerprint density at radius 1 is 1.00 bits per heavy atom. The lowest BCUT2D eigenvalue weighted by Gasteiger charge is -2.26. The van der Waals surface area contributed by atoms with Gasteiger partial charge in [-0.15, -0.1) is 0 Å². The van der Waals surface area contributed by atoms with Crippen LogP contribution in [0.3, 0.4) is 0 Å². The van der Waals surface area contributed by atoms with E-state index in [1.807, 2.05) is 36.5 Å². The van der Waals surface area contributed by atoms with Crippen molar-refractivity contribution in [2.24, 2.45) is 4.99 Å². The van der Waals surface area contributed by atoms with Crippen LogP contribution in [0.4, 0.5) is 11.4 Å². The summed E-state index contributed by atoms with van der Waals surface area (Å²) in [5, 5.41) is 0. The van der Waals surface area contributed by atoms with Crippen molar-refractivity contribution in [2.45, 2.75) is 6.92 Å². The third kappa shape index (κ3) is 2.95. The van der Waals surface area contributed by atoms with E-state index in [0.29, 0.717) is 0 Å². The van der Waals surface area contributed by atoms with Gasteiger partial charge in [-0.25, -0.2) is 0 Å². The average Bonchev–Trinajstić information content (AvgIpc) is 2.56. The van der Waals surface area contributed by atoms with Gasteiger partial charge in [0.15, 0.2) is 0 Å². The largest absolute Gasteiger partial charge is 0.348 e. The van der Waals surface area contributed by atoms with Crippen molar-refractivity contribution in [1.29, 1.82) is 0 Å². The van der Waals surface area contributed by atoms with Crippen LogP contribution in [-0.4, -0.2) is 12.8 Å². The second-order valence-electron chi connectivity index (χ2n) is 4.85. The van der Waals surface area contributed by atoms with Crippen LogP contribution in [0.5, 0.6) is 0 Å². The number of hydrogen-bond acceptors (Lipinski definition) is 2. The van der Waals surface area contributed by atoms with E-state index in [1.54, 1.807) is 0 Å². The molecule has 1 aliphatic heterocycles. The van der Waals surface area contributed by atoms with E-state index in [9.17, 15) is 0 Å². The van der Waals surface area contributed by atoms with Gasteiger partial charge in [-0.05, 0) is 42.8 Å². The summed E-state index contributed by atoms with van der Waals surface area (Å²) in [7, 11) is 0. The number of rotatable bonds is 3. The molecule has 2 heteroatoms. The molecule has 0 amide bonds. The first kappa shape index (κ1) is 13.4. The van der Waals surface area contributed by atoms with E-state index in [4.69, 9.17) is 0 Å². The molecule has 0 N–H and O–H groups in total. The Bertz CT molecular complexity index is 697. The van der Waals surface area contributed by atoms with Crippen LogP contribution in [0.25, 0.3) is 5.57 Å². The van der Waals surface area contributed by atoms with Crippen molar-refractivity contribution < 1.29 is 0 Å². The molecule has 3 rings (SSSR count). The average molecular weight is 274 g/mol. The molecule has 0 aromatic heterocycles. The Labute approximate surface area is 125 Å². The molecular weight excluding hydrogens is 256 g/mol. The molecule has 1 heterocycles. The molecule has 0 bridgehead atoms. The monoisotopic (exact) mass is 274 g/mol. The van der Waals surface area contributed by atoms with Gasteiger partial charge in [0.25, 0.3) is 0 Å². The summed E-state index contributed by atoms with van der Waals surface area (Å²) in [5.41, 5.74) is 4.66. The van der Waals surface area contributed by atoms with E-state index in [0.717, 1.165) is 12.2 Å². The number of allylic oxidation sites excluding steroid dienone is 3. The Balaban J connectivity index is 1.89. The first-order chi connectivity index (χ1) is 10.4. The summed E-state index contributed by atoms with van der Waals surface area (Å²) in [6.45, 7) is 3.13. The minimum absolute atomic E-state index is 0.970. The third-order valence-corrected chi connectivity index (χ3v) is 3.53. The molecule has 104 valence electrons. The van der Waals surface area contributed by atoms with E-state index < -0.39 is 0 Å². The predicted molar refractivity (Wildman–Crippen MR) is 91.2 cm³/mol. The van der Waals surface area contributed by atoms with Gasteiger partial charge in [-0.1, -0.05) is 36.4 Å². The first-order valence-corrected chi connectivity index (χ1v) is 7.22. The van der Waals surface area contributed by atoms with Crippen molar-refractivity contribution in [3.05, 3.63) is 78.5 Å². The van der Waals surface area contributed by atoms with Crippen LogP contribution < -0.4 is 4.90 Å². The maximum Gasteiger partial charge on any atom is 0.0629 e. The van der Waals surface area contributed by atoms with Gasteiger partial charge < -0.3 is 4.90 Å². The fourth-order valence-corrected chi connectivity index (χ4v) is 2.45. The highest BCUT2D eigenvalue weighted by Gasteiger charge is 2.13. The summed E-state index contributed by atoms with van der Waals surface area (Å²) < 4.78 is 0. The van der Waals surface area contributed by atoms with Gasteiger partial charge in [0.1, 0.15) is 0 Å². The standard InChI is InChI=1S/C19H18N2/c1-2-21-15-13-16(18-10-6-7-11-19(18)21)12-14-20-17-8-4-3-5-9-17/h3-15H,2H2,1H3/b16-12-,20-14?. The van der Waals surface area contributed by atoms with Crippen molar-refractivity contribution in [1.82, 2.24) is 0 Å². The van der Waals surface area contributed by atoms with Crippen molar-refractivity contribution in [2.75, 3.05) is 11.4 Å². The predicted octanol–water partition coefficient (Wildman–Crippen LogP) is 4.83. The van der Waals surface area contributed by atoms with Gasteiger partial charge in [-0.2, -0.15) is 0 Å². The first-order valence-electron chi connectivity index (χ1n) is 7.22. The van der Waals surface area contributed by atoms with Gasteiger partial charge in [0.2, 0.25) is 0 Å². The maximum atomic E-state index is 4.46. The molecule has 0 atom stereocenters. The Morgan fingerprint density at radius 2 is 1.76 bits per heavy atom. The highest BCUT2D eigenvalue weighted by molar-refractivity contribution is 5.94. The topological polar surface area (TPSA) is 15.6 Å². The van der Waals surface area contributed by atoms with Crippen LogP contribution in [0.15, 0.2) is 77.9 Å². The molecule has 2 aromatic carbocycles. The molecule has 0 radical (unpaired) electrons. The highest BCUT2D eigenvalue weighted by atomic mass is 15.1. The van der Waals surface area contributed by atoms with E-state index in [-0.39, 0.29) is 0 Å². The summed E-state index contributed by atoms with van der Waals surface area (Å²) >= 11 is 0. The number of nitrogens with zero attached hydrogens (tertiary/aromatic N) is 2. The molecule has 0 spiro atoms. The molecule has 1 aliphatic rings. The number of aliphatic imine (C=N–C) groups is 1. The lowest BCUT2D eigenvalue weighted by Crippen LogP contribution is -2.18. The minimum Gasteiger partial charge on any atom is -0.348 e. The fourth-order valence-electron chi connectivity index (χ4n) is 2.45. The van der Waals surface area contributed by atoms with Gasteiger partial charge in [0, 0.05) is 30.2 Å². The molecular formula is C19H18N2. The van der Waals surface area contributed by atoms with Gasteiger partial charge in [0.05, 0.1) is 5.69 Å². The van der Waals surface area contributed by atoms with Crippen LogP contribution in [0.1, 0.15) is 12.5 Å². The number of anilines is 1. The molecule has 21 heavy (non-hydrogen) atoms. The number of para-hydroxylation sites is 2. The van der Waals surface area contributed by atoms with Crippen molar-refractivity contribution in [3.63, 3.8) is 0 Å². The quantitative estimate of drug-likeness (QED) is 0.732. The smallest absolute Gasteiger partial charge is 0.0629 e. The highest BCUT2D eigenvalue weighted by Crippen LogP contribution is 2.32. The zero-order chi connectivity index (χ0) is 14.5. The van der Waals surface area contributed by atoms with Crippen LogP contribution in [-0.2, 0) is 0 Å². The zero-order valence-corrected chi connectivity index (χ0v) is 12.1. The van der Waals surface area contributed by atoms with Crippen LogP contribution in [0, 0.1) is 0 Å². The molecule has 0 fully saturated rings. The lowest BCUT2D eigenvalue weighted by molar-refractivity contribution is 1.01. The molecule has 0 saturated heterocycles. The van der Waals surface area contributed by atoms with E-state index >= 15 is 0 Å². The normalized spacial score (nSPS) is 15.7. The summed E-state index contributed by atoms with van der Waals surface area (Å²) in [4.78, 5) is 6.71. The molecule has 0 unspecified atom stereocenters. The lowest BCUT2D eigenvalue weighted by atomic mass is 10.00. The summed E-state index contributed by atoms with van der Waals surface area (Å²) in [5.74, 6) is 0. The van der Waals surface area contributed by atoms with Gasteiger partial charge in [-0.3, -0.25) is 4.99 Å². The molecule has 0 aliphatic carbocycles. The molecule has 2 aromatic rings. The van der Waals surface area contributed by atoms with Gasteiger partial charge >= 0.3 is 0 Å². The maximum absolute atomic E-state index is 4.46. The van der Waals surface area contributed by atoms with E-state index in [2.05, 4.69) is 59.4 Å². The number of benzene rings is 2. The number of hydrogen-bond donors (Lipinski definition) is 0. The van der Waals surface area contributed by atoms with Crippen LogP contribution in [0.2, 0.25) is 0 Å². The Hall–Kier alpha value is -2.61. The minimum atomic E-state index is 0.970. The molecule has 2 nitrogen and oxygen atoms in total. The molecule has 0 saturated carbocycles. The third-order valence-electron chi connectivity index (χ3n) is 3.53. The number of fused-ring (bicyclic) bond motifs is 1. The second kappa shape index (κ2) is 6.23. The SMILES string of the molecule is CCN1C=C/C(=C/C=Nc2ccccc2)c2ccccc21. The zero-order valence-electron chi connectivity index (χ0n) is 12.1. The van der Waals surface area contributed by atoms with E-state index in [1.165, 1.54) is 16.8 Å². The fraction of sp³-hybridized carbons (Fsp3) is 0.105. The Morgan fingerprint density at radius 3 is 2.57 bits per heavy atom. The summed E-state index contributed by atoms with van der Waals surface area (Å²) in [6.07, 6.45) is 8.20. The Kier molecular flexibility index (Phi) is 3.97. The van der Waals surface area contributed by atoms with Crippen molar-refractivity contribution in [3.8, 4) is 0 Å². The second-order valence-corrected chi connectivity index (χ2v) is 4.85. The van der Waals surface area contributed by atoms with Crippen molar-refractivity contribution >= 4 is 23.2 Å². The van der Waals surface area contributed by atoms with Crippen LogP contribution >= 0.6 is 0 Å².